The van der Waals surface area contributed by atoms with Gasteiger partial charge in [0.05, 0.1) is 63.9 Å². The minimum absolute atomic E-state index is 0.000515. The second kappa shape index (κ2) is 30.1. The fourth-order valence-electron chi connectivity index (χ4n) is 16.7. The van der Waals surface area contributed by atoms with E-state index in [4.69, 9.17) is 15.2 Å². The molecule has 7 aromatic rings. The number of nitrogens with two attached hydrogens (primary N) is 1. The topological polar surface area (TPSA) is 355 Å². The molecule has 23 nitrogen and oxygen atoms in total. The maximum absolute atomic E-state index is 14.4. The Kier molecular flexibility index (Phi) is 21.7. The standard InChI is InChI=1S/C25H27BrFN3O4S.C20H17BrFNO5S.C19H15BrFNO5S.C14H15NO3/c1-30-9-5-16(6-10-30)28-24(32)19-12-17(13-20-18(19)14-23(31)25(20)7-2-8-25)29-35(33,34)22-4-3-15(26)11-21(22)27;1-28-19(25)14-8-12(9-15-13(14)10-18(24)20(15)5-2-6-20)23-29(26,27)17-4-3-11(21)7-16(17)22;20-10-2-3-16(15(21)6-10)28(26,27)22-11-7-13(18(24)25)12-9-17(23)19(4-1-5-19)14(12)8-11;1-18-13(17)10-5-8(15)6-11-9(10)7-12(16)14(11)3-2-4-14/h3-4,11-13,16,29H,2,5-10,14H2,1H3,(H,28,32);3-4,7-9,23H,2,5-6,10H2,1H3;2-3,6-8,22H,1,4-5,9H2,(H,24,25);5-6H,2-4,7,15H2,1H3. The van der Waals surface area contributed by atoms with Crippen LogP contribution in [0.4, 0.5) is 35.9 Å². The van der Waals surface area contributed by atoms with Gasteiger partial charge in [-0.25, -0.2) is 52.8 Å². The van der Waals surface area contributed by atoms with Gasteiger partial charge < -0.3 is 30.5 Å². The summed E-state index contributed by atoms with van der Waals surface area (Å²) in [5.41, 5.74) is 10.5. The highest BCUT2D eigenvalue weighted by atomic mass is 79.9. The van der Waals surface area contributed by atoms with Gasteiger partial charge in [0.25, 0.3) is 36.0 Å². The number of ketones is 4. The first-order valence-electron chi connectivity index (χ1n) is 35.4. The molecule has 7 N–H and O–H groups in total. The number of methoxy groups -OCH3 is 2. The van der Waals surface area contributed by atoms with E-state index < -0.39 is 96.4 Å². The number of nitrogens with one attached hydrogen (secondary N) is 4. The van der Waals surface area contributed by atoms with Crippen molar-refractivity contribution < 1.29 is 91.4 Å². The number of anilines is 4. The molecule has 1 saturated heterocycles. The molecule has 16 rings (SSSR count). The summed E-state index contributed by atoms with van der Waals surface area (Å²) in [6.07, 6.45) is 11.7. The summed E-state index contributed by atoms with van der Waals surface area (Å²) in [4.78, 5) is 100. The van der Waals surface area contributed by atoms with Gasteiger partial charge in [-0.3, -0.25) is 38.1 Å². The zero-order valence-electron chi connectivity index (χ0n) is 59.5. The lowest BCUT2D eigenvalue weighted by molar-refractivity contribution is -0.126. The van der Waals surface area contributed by atoms with E-state index in [-0.39, 0.29) is 87.9 Å². The third-order valence-electron chi connectivity index (χ3n) is 23.0. The van der Waals surface area contributed by atoms with Crippen molar-refractivity contribution in [3.63, 3.8) is 0 Å². The predicted molar refractivity (Wildman–Crippen MR) is 409 cm³/mol. The van der Waals surface area contributed by atoms with Crippen molar-refractivity contribution in [2.45, 2.75) is 158 Å². The molecule has 0 atom stereocenters. The van der Waals surface area contributed by atoms with Crippen molar-refractivity contribution in [2.75, 3.05) is 54.3 Å². The zero-order valence-corrected chi connectivity index (χ0v) is 66.7. The third kappa shape index (κ3) is 14.5. The molecular weight excluding hydrogens is 1690 g/mol. The number of hydrogen-bond donors (Lipinski definition) is 6. The van der Waals surface area contributed by atoms with Gasteiger partial charge in [-0.2, -0.15) is 0 Å². The van der Waals surface area contributed by atoms with Crippen molar-refractivity contribution in [1.29, 1.82) is 0 Å². The molecule has 8 aliphatic carbocycles. The Bertz CT molecular complexity index is 5490. The van der Waals surface area contributed by atoms with E-state index in [1.807, 2.05) is 13.1 Å². The average molecular weight is 1760 g/mol. The number of ether oxygens (including phenoxy) is 2. The van der Waals surface area contributed by atoms with Crippen LogP contribution in [0.25, 0.3) is 0 Å². The highest BCUT2D eigenvalue weighted by Crippen LogP contribution is 2.56. The molecule has 0 aromatic heterocycles. The lowest BCUT2D eigenvalue weighted by Crippen LogP contribution is -2.43. The number of fused-ring (bicyclic) bond motifs is 8. The van der Waals surface area contributed by atoms with E-state index in [1.54, 1.807) is 18.2 Å². The zero-order chi connectivity index (χ0) is 79.1. The Balaban J connectivity index is 0.000000132. The number of likely N-dealkylation sites (tertiary alicyclic amines) is 1. The average Bonchev–Trinajstić information content (AvgIpc) is 1.58. The summed E-state index contributed by atoms with van der Waals surface area (Å²) in [6.45, 7) is 1.76. The number of piperidine rings is 1. The molecule has 32 heteroatoms. The van der Waals surface area contributed by atoms with Gasteiger partial charge in [0.2, 0.25) is 0 Å². The van der Waals surface area contributed by atoms with E-state index in [1.165, 1.54) is 62.8 Å². The molecule has 0 radical (unpaired) electrons. The highest BCUT2D eigenvalue weighted by Gasteiger charge is 2.55. The summed E-state index contributed by atoms with van der Waals surface area (Å²) in [5, 5.41) is 12.6. The number of Topliss-reactive ketones (excluding diaryl/α,β-unsaturated/α-hetero) is 4. The van der Waals surface area contributed by atoms with E-state index >= 15 is 0 Å². The largest absolute Gasteiger partial charge is 0.478 e. The van der Waals surface area contributed by atoms with Crippen LogP contribution in [-0.2, 0) is 106 Å². The van der Waals surface area contributed by atoms with E-state index in [2.05, 4.69) is 72.2 Å². The fraction of sp³-hybridized carbons (Fsp3) is 0.359. The van der Waals surface area contributed by atoms with Crippen molar-refractivity contribution >= 4 is 148 Å². The molecule has 4 spiro atoms. The summed E-state index contributed by atoms with van der Waals surface area (Å²) >= 11 is 9.29. The quantitative estimate of drug-likeness (QED) is 0.0435. The number of amides is 1. The molecule has 1 amide bonds. The maximum Gasteiger partial charge on any atom is 0.338 e. The lowest BCUT2D eigenvalue weighted by Gasteiger charge is -2.38. The fourth-order valence-corrected chi connectivity index (χ4v) is 21.0. The Morgan fingerprint density at radius 2 is 0.764 bits per heavy atom. The SMILES string of the molecule is CN1CCC(NC(=O)c2cc(NS(=O)(=O)c3ccc(Br)cc3F)cc3c2CC(=O)C32CCC2)CC1.COC(=O)c1cc(N)cc2c1CC(=O)C21CCC1.COC(=O)c1cc(NS(=O)(=O)c2ccc(Br)cc2F)cc2c1CC(=O)C21CCC1.O=C(O)c1cc(NS(=O)(=O)c2ccc(Br)cc2F)cc2c1CC(=O)C21CCC1. The molecule has 5 fully saturated rings. The molecular formula is C78H74Br3F3N6O17S3. The number of carboxylic acid groups (broad SMARTS) is 1. The Labute approximate surface area is 657 Å². The van der Waals surface area contributed by atoms with Crippen LogP contribution in [0.15, 0.2) is 131 Å². The monoisotopic (exact) mass is 1760 g/mol. The number of hydrogen-bond acceptors (Lipinski definition) is 18. The first-order valence-corrected chi connectivity index (χ1v) is 42.2. The summed E-state index contributed by atoms with van der Waals surface area (Å²) in [7, 11) is -8.19. The summed E-state index contributed by atoms with van der Waals surface area (Å²) in [5.74, 6) is -5.06. The van der Waals surface area contributed by atoms with E-state index in [9.17, 15) is 81.9 Å². The highest BCUT2D eigenvalue weighted by molar-refractivity contribution is 9.11. The minimum Gasteiger partial charge on any atom is -0.478 e. The van der Waals surface area contributed by atoms with Gasteiger partial charge in [0, 0.05) is 62.1 Å². The van der Waals surface area contributed by atoms with Crippen LogP contribution in [0.1, 0.15) is 176 Å². The lowest BCUT2D eigenvalue weighted by atomic mass is 9.64. The number of carboxylic acids is 1. The van der Waals surface area contributed by atoms with Gasteiger partial charge in [0.15, 0.2) is 0 Å². The molecule has 110 heavy (non-hydrogen) atoms. The first-order chi connectivity index (χ1) is 52.0. The van der Waals surface area contributed by atoms with Crippen molar-refractivity contribution in [3.8, 4) is 0 Å². The van der Waals surface area contributed by atoms with Crippen LogP contribution in [-0.4, -0.2) is 123 Å². The van der Waals surface area contributed by atoms with Gasteiger partial charge in [0.1, 0.15) is 55.3 Å². The van der Waals surface area contributed by atoms with Gasteiger partial charge in [-0.15, -0.1) is 0 Å². The van der Waals surface area contributed by atoms with Crippen LogP contribution in [0.2, 0.25) is 0 Å². The number of carbonyl (C=O) groups excluding carboxylic acids is 7. The minimum atomic E-state index is -4.28. The number of nitrogen functional groups attached to an aromatic ring is 1. The number of esters is 2. The van der Waals surface area contributed by atoms with E-state index in [0.29, 0.717) is 103 Å². The van der Waals surface area contributed by atoms with E-state index in [0.717, 1.165) is 111 Å². The molecule has 4 saturated carbocycles. The van der Waals surface area contributed by atoms with Crippen LogP contribution in [0.5, 0.6) is 0 Å². The summed E-state index contributed by atoms with van der Waals surface area (Å²) < 4.78 is 137. The molecule has 0 unspecified atom stereocenters. The van der Waals surface area contributed by atoms with Gasteiger partial charge >= 0.3 is 17.9 Å². The number of rotatable bonds is 14. The third-order valence-corrected chi connectivity index (χ3v) is 28.8. The number of aromatic carboxylic acids is 1. The molecule has 1 aliphatic heterocycles. The van der Waals surface area contributed by atoms with Gasteiger partial charge in [-0.1, -0.05) is 73.5 Å². The maximum atomic E-state index is 14.4. The Hall–Kier alpha value is -8.66. The molecule has 1 heterocycles. The smallest absolute Gasteiger partial charge is 0.338 e. The Morgan fingerprint density at radius 3 is 1.07 bits per heavy atom. The second-order valence-electron chi connectivity index (χ2n) is 29.3. The van der Waals surface area contributed by atoms with Crippen molar-refractivity contribution in [2.24, 2.45) is 0 Å². The van der Waals surface area contributed by atoms with Crippen LogP contribution < -0.4 is 25.2 Å². The number of halogens is 6. The van der Waals surface area contributed by atoms with Crippen LogP contribution in [0.3, 0.4) is 0 Å². The Morgan fingerprint density at radius 1 is 0.464 bits per heavy atom. The predicted octanol–water partition coefficient (Wildman–Crippen LogP) is 12.7. The second-order valence-corrected chi connectivity index (χ2v) is 37.0. The molecule has 578 valence electrons. The van der Waals surface area contributed by atoms with Crippen molar-refractivity contribution in [1.82, 2.24) is 10.2 Å². The molecule has 0 bridgehead atoms. The normalized spacial score (nSPS) is 18.4. The summed E-state index contributed by atoms with van der Waals surface area (Å²) in [6, 6.07) is 23.1. The van der Waals surface area contributed by atoms with Gasteiger partial charge in [-0.05, 0) is 232 Å². The number of sulfonamides is 3. The number of nitrogens with zero attached hydrogens (tertiary/aromatic N) is 1. The number of benzene rings is 7. The number of carbonyl (C=O) groups is 8. The van der Waals surface area contributed by atoms with Crippen molar-refractivity contribution in [3.05, 3.63) is 201 Å². The molecule has 7 aromatic carbocycles. The van der Waals surface area contributed by atoms with Crippen LogP contribution >= 0.6 is 47.8 Å². The first kappa shape index (κ1) is 79.4. The molecule has 9 aliphatic rings. The van der Waals surface area contributed by atoms with Crippen LogP contribution in [0, 0.1) is 17.5 Å².